The van der Waals surface area contributed by atoms with Crippen LogP contribution in [0.15, 0.2) is 109 Å². The Hall–Kier alpha value is -6.00. The van der Waals surface area contributed by atoms with E-state index in [1.54, 1.807) is 0 Å². The summed E-state index contributed by atoms with van der Waals surface area (Å²) in [7, 11) is 0. The zero-order valence-electron chi connectivity index (χ0n) is 27.0. The van der Waals surface area contributed by atoms with Crippen LogP contribution in [0.1, 0.15) is 57.9 Å². The fourth-order valence-corrected chi connectivity index (χ4v) is 7.19. The average molecular weight is 619 g/mol. The van der Waals surface area contributed by atoms with Gasteiger partial charge in [-0.2, -0.15) is 0 Å². The number of fused-ring (bicyclic) bond motifs is 8. The van der Waals surface area contributed by atoms with Gasteiger partial charge in [-0.25, -0.2) is 9.97 Å². The first kappa shape index (κ1) is 28.2. The van der Waals surface area contributed by atoms with Crippen molar-refractivity contribution in [3.8, 4) is 22.3 Å². The van der Waals surface area contributed by atoms with E-state index in [1.807, 2.05) is 0 Å². The normalized spacial score (nSPS) is 14.6. The van der Waals surface area contributed by atoms with Crippen LogP contribution in [0.4, 0.5) is 0 Å². The zero-order chi connectivity index (χ0) is 32.2. The van der Waals surface area contributed by atoms with Gasteiger partial charge in [0.2, 0.25) is 0 Å². The number of H-pyrrole nitrogens is 2. The van der Waals surface area contributed by atoms with Gasteiger partial charge in [-0.15, -0.1) is 0 Å². The molecule has 0 spiro atoms. The maximum atomic E-state index is 5.38. The Morgan fingerprint density at radius 3 is 1.15 bits per heavy atom. The van der Waals surface area contributed by atoms with Crippen molar-refractivity contribution in [1.82, 2.24) is 19.9 Å². The lowest BCUT2D eigenvalue weighted by atomic mass is 10.0. The summed E-state index contributed by atoms with van der Waals surface area (Å²) in [5.41, 5.74) is 19.5. The lowest BCUT2D eigenvalue weighted by Crippen LogP contribution is -1.92. The monoisotopic (exact) mass is 618 g/mol. The van der Waals surface area contributed by atoms with Crippen molar-refractivity contribution in [2.45, 2.75) is 26.7 Å². The van der Waals surface area contributed by atoms with E-state index < -0.39 is 0 Å². The summed E-state index contributed by atoms with van der Waals surface area (Å²) in [6.07, 6.45) is 23.5. The third-order valence-corrected chi connectivity index (χ3v) is 9.62. The van der Waals surface area contributed by atoms with E-state index in [1.165, 1.54) is 22.3 Å². The molecule has 48 heavy (non-hydrogen) atoms. The number of aryl methyl sites for hydroxylation is 2. The molecule has 0 fully saturated rings. The van der Waals surface area contributed by atoms with Gasteiger partial charge in [0, 0.05) is 44.3 Å². The number of aromatic amines is 2. The molecule has 230 valence electrons. The predicted molar refractivity (Wildman–Crippen MR) is 203 cm³/mol. The average Bonchev–Trinajstić information content (AvgIpc) is 3.94. The summed E-state index contributed by atoms with van der Waals surface area (Å²) in [5, 5.41) is 0. The Labute approximate surface area is 280 Å². The van der Waals surface area contributed by atoms with Gasteiger partial charge >= 0.3 is 0 Å². The second-order valence-electron chi connectivity index (χ2n) is 12.9. The predicted octanol–water partition coefficient (Wildman–Crippen LogP) is 11.3. The Morgan fingerprint density at radius 1 is 0.438 bits per heavy atom. The highest BCUT2D eigenvalue weighted by Crippen LogP contribution is 2.38. The van der Waals surface area contributed by atoms with E-state index in [2.05, 4.69) is 157 Å². The molecule has 0 unspecified atom stereocenters. The van der Waals surface area contributed by atoms with Gasteiger partial charge in [-0.05, 0) is 97.5 Å². The Balaban J connectivity index is 1.45. The van der Waals surface area contributed by atoms with Gasteiger partial charge in [0.25, 0.3) is 0 Å². The molecule has 2 N–H and O–H groups in total. The molecule has 4 aliphatic rings. The number of benzene rings is 2. The molecule has 2 aliphatic heterocycles. The second kappa shape index (κ2) is 11.4. The SMILES string of the molecule is Cc1ccc(-c2c3nc(c(C4=CC=CC4)c4ccc([nH]4)c(-c4ccc(C)cc4)c4nc(c(C5=CC=CC5)c5ccc2[nH]5)C=C4)C=C3)cc1. The smallest absolute Gasteiger partial charge is 0.0737 e. The van der Waals surface area contributed by atoms with Crippen LogP contribution in [0.3, 0.4) is 0 Å². The van der Waals surface area contributed by atoms with Crippen LogP contribution in [0.2, 0.25) is 0 Å². The maximum absolute atomic E-state index is 5.38. The van der Waals surface area contributed by atoms with Crippen LogP contribution in [0.25, 0.3) is 79.8 Å². The summed E-state index contributed by atoms with van der Waals surface area (Å²) in [5.74, 6) is 0. The highest BCUT2D eigenvalue weighted by molar-refractivity contribution is 5.98. The molecule has 2 aliphatic carbocycles. The van der Waals surface area contributed by atoms with Crippen LogP contribution >= 0.6 is 0 Å². The molecule has 0 atom stereocenters. The van der Waals surface area contributed by atoms with Gasteiger partial charge in [0.1, 0.15) is 0 Å². The summed E-state index contributed by atoms with van der Waals surface area (Å²) in [4.78, 5) is 18.4. The molecule has 0 saturated carbocycles. The molecule has 3 aromatic heterocycles. The van der Waals surface area contributed by atoms with E-state index in [9.17, 15) is 0 Å². The number of allylic oxidation sites excluding steroid dienone is 8. The molecule has 5 heterocycles. The van der Waals surface area contributed by atoms with Crippen molar-refractivity contribution in [1.29, 1.82) is 0 Å². The fourth-order valence-electron chi connectivity index (χ4n) is 7.19. The minimum atomic E-state index is 0.867. The third kappa shape index (κ3) is 4.85. The van der Waals surface area contributed by atoms with Crippen molar-refractivity contribution in [3.63, 3.8) is 0 Å². The number of hydrogen-bond donors (Lipinski definition) is 2. The Morgan fingerprint density at radius 2 is 0.792 bits per heavy atom. The molecule has 2 aromatic carbocycles. The van der Waals surface area contributed by atoms with Gasteiger partial charge in [-0.1, -0.05) is 96.1 Å². The number of rotatable bonds is 4. The van der Waals surface area contributed by atoms with E-state index in [0.717, 1.165) is 91.1 Å². The third-order valence-electron chi connectivity index (χ3n) is 9.62. The highest BCUT2D eigenvalue weighted by atomic mass is 14.8. The maximum Gasteiger partial charge on any atom is 0.0737 e. The van der Waals surface area contributed by atoms with Gasteiger partial charge in [0.05, 0.1) is 22.8 Å². The van der Waals surface area contributed by atoms with Crippen molar-refractivity contribution in [2.75, 3.05) is 0 Å². The standard InChI is InChI=1S/C44H34N4/c1-27-11-15-31(16-12-27)43-37-23-19-33(45-37)41(29-7-3-4-8-29)35-21-25-39(47-35)44(32-17-13-28(2)14-18-32)40-26-22-36(48-40)42(30-9-5-6-10-30)34-20-24-38(43)46-34/h3-7,9,11-26,45,48H,8,10H2,1-2H3. The van der Waals surface area contributed by atoms with Crippen LogP contribution in [-0.4, -0.2) is 19.9 Å². The summed E-state index contributed by atoms with van der Waals surface area (Å²) < 4.78 is 0. The van der Waals surface area contributed by atoms with Crippen molar-refractivity contribution in [2.24, 2.45) is 0 Å². The van der Waals surface area contributed by atoms with Gasteiger partial charge < -0.3 is 9.97 Å². The topological polar surface area (TPSA) is 57.4 Å². The van der Waals surface area contributed by atoms with Gasteiger partial charge in [-0.3, -0.25) is 0 Å². The van der Waals surface area contributed by atoms with Crippen LogP contribution in [0, 0.1) is 13.8 Å². The summed E-state index contributed by atoms with van der Waals surface area (Å²) in [6, 6.07) is 26.3. The Bertz CT molecular complexity index is 2310. The van der Waals surface area contributed by atoms with Crippen molar-refractivity contribution < 1.29 is 0 Å². The minimum Gasteiger partial charge on any atom is -0.354 e. The van der Waals surface area contributed by atoms with Crippen molar-refractivity contribution in [3.05, 3.63) is 154 Å². The van der Waals surface area contributed by atoms with E-state index in [0.29, 0.717) is 0 Å². The molecular weight excluding hydrogens is 585 g/mol. The first-order chi connectivity index (χ1) is 23.6. The Kier molecular flexibility index (Phi) is 6.68. The van der Waals surface area contributed by atoms with Gasteiger partial charge in [0.15, 0.2) is 0 Å². The van der Waals surface area contributed by atoms with E-state index in [-0.39, 0.29) is 0 Å². The van der Waals surface area contributed by atoms with E-state index >= 15 is 0 Å². The van der Waals surface area contributed by atoms with Crippen LogP contribution in [0.5, 0.6) is 0 Å². The number of hydrogen-bond acceptors (Lipinski definition) is 2. The summed E-state index contributed by atoms with van der Waals surface area (Å²) >= 11 is 0. The molecule has 0 radical (unpaired) electrons. The molecule has 4 heteroatoms. The number of nitrogens with one attached hydrogen (secondary N) is 2. The lowest BCUT2D eigenvalue weighted by Gasteiger charge is -2.07. The number of aromatic nitrogens is 4. The first-order valence-electron chi connectivity index (χ1n) is 16.6. The van der Waals surface area contributed by atoms with Crippen LogP contribution < -0.4 is 0 Å². The highest BCUT2D eigenvalue weighted by Gasteiger charge is 2.20. The number of nitrogens with zero attached hydrogens (tertiary/aromatic N) is 2. The lowest BCUT2D eigenvalue weighted by molar-refractivity contribution is 1.28. The van der Waals surface area contributed by atoms with Crippen molar-refractivity contribution >= 4 is 57.5 Å². The summed E-state index contributed by atoms with van der Waals surface area (Å²) in [6.45, 7) is 4.25. The molecule has 0 saturated heterocycles. The molecule has 5 aromatic rings. The quantitative estimate of drug-likeness (QED) is 0.206. The molecule has 9 rings (SSSR count). The fraction of sp³-hybridized carbons (Fsp3) is 0.0909. The zero-order valence-corrected chi connectivity index (χ0v) is 27.0. The molecular formula is C44H34N4. The molecule has 0 amide bonds. The second-order valence-corrected chi connectivity index (χ2v) is 12.9. The minimum absolute atomic E-state index is 0.867. The van der Waals surface area contributed by atoms with Crippen LogP contribution in [-0.2, 0) is 0 Å². The van der Waals surface area contributed by atoms with E-state index in [4.69, 9.17) is 9.97 Å². The molecule has 8 bridgehead atoms. The first-order valence-corrected chi connectivity index (χ1v) is 16.6. The largest absolute Gasteiger partial charge is 0.354 e. The molecule has 4 nitrogen and oxygen atoms in total.